The van der Waals surface area contributed by atoms with Crippen molar-refractivity contribution < 1.29 is 19.1 Å². The Bertz CT molecular complexity index is 1030. The highest BCUT2D eigenvalue weighted by molar-refractivity contribution is 6.08. The SMILES string of the molecule is Cn1nc(N2CCC(=O)NC2=O)c2ccc(C3CCN(C(=O)OC(C)(C)C)CC3)cc21. The normalized spacial score (nSPS) is 18.5. The maximum Gasteiger partial charge on any atom is 0.410 e. The minimum Gasteiger partial charge on any atom is -0.444 e. The van der Waals surface area contributed by atoms with E-state index in [1.807, 2.05) is 33.9 Å². The summed E-state index contributed by atoms with van der Waals surface area (Å²) in [4.78, 5) is 39.3. The number of carbonyl (C=O) groups is 3. The van der Waals surface area contributed by atoms with Gasteiger partial charge in [0.2, 0.25) is 5.91 Å². The number of aromatic nitrogens is 2. The Labute approximate surface area is 181 Å². The van der Waals surface area contributed by atoms with Crippen molar-refractivity contribution in [3.05, 3.63) is 23.8 Å². The van der Waals surface area contributed by atoms with Crippen LogP contribution in [0.2, 0.25) is 0 Å². The fourth-order valence-corrected chi connectivity index (χ4v) is 4.20. The standard InChI is InChI=1S/C22H29N5O4/c1-22(2,3)31-21(30)26-10-7-14(8-11-26)15-5-6-16-17(13-15)25(4)24-19(16)27-12-9-18(28)23-20(27)29/h5-6,13-14H,7-12H2,1-4H3,(H,23,28,29). The summed E-state index contributed by atoms with van der Waals surface area (Å²) in [5.74, 6) is 0.646. The number of likely N-dealkylation sites (tertiary alicyclic amines) is 1. The second-order valence-electron chi connectivity index (χ2n) is 9.22. The minimum absolute atomic E-state index is 0.254. The Balaban J connectivity index is 1.49. The van der Waals surface area contributed by atoms with Gasteiger partial charge in [0.15, 0.2) is 5.82 Å². The molecule has 0 radical (unpaired) electrons. The van der Waals surface area contributed by atoms with E-state index >= 15 is 0 Å². The van der Waals surface area contributed by atoms with Gasteiger partial charge in [-0.15, -0.1) is 0 Å². The first kappa shape index (κ1) is 21.1. The number of fused-ring (bicyclic) bond motifs is 1. The van der Waals surface area contributed by atoms with Crippen LogP contribution < -0.4 is 10.2 Å². The Hall–Kier alpha value is -3.10. The van der Waals surface area contributed by atoms with Gasteiger partial charge in [-0.2, -0.15) is 5.10 Å². The monoisotopic (exact) mass is 427 g/mol. The number of imide groups is 1. The van der Waals surface area contributed by atoms with Crippen LogP contribution in [-0.2, 0) is 16.6 Å². The third kappa shape index (κ3) is 4.35. The molecule has 3 heterocycles. The average molecular weight is 428 g/mol. The number of anilines is 1. The summed E-state index contributed by atoms with van der Waals surface area (Å²) in [5, 5.41) is 7.77. The zero-order chi connectivity index (χ0) is 22.3. The summed E-state index contributed by atoms with van der Waals surface area (Å²) in [6, 6.07) is 5.76. The summed E-state index contributed by atoms with van der Waals surface area (Å²) in [5.41, 5.74) is 1.64. The number of nitrogens with one attached hydrogen (secondary N) is 1. The predicted octanol–water partition coefficient (Wildman–Crippen LogP) is 3.13. The van der Waals surface area contributed by atoms with Crippen molar-refractivity contribution >= 4 is 34.8 Å². The maximum atomic E-state index is 12.3. The molecule has 31 heavy (non-hydrogen) atoms. The van der Waals surface area contributed by atoms with Crippen LogP contribution >= 0.6 is 0 Å². The highest BCUT2D eigenvalue weighted by Crippen LogP contribution is 2.33. The molecule has 2 aliphatic rings. The predicted molar refractivity (Wildman–Crippen MR) is 116 cm³/mol. The fraction of sp³-hybridized carbons (Fsp3) is 0.545. The van der Waals surface area contributed by atoms with E-state index < -0.39 is 11.6 Å². The summed E-state index contributed by atoms with van der Waals surface area (Å²) in [6.07, 6.45) is 1.74. The van der Waals surface area contributed by atoms with E-state index in [1.165, 1.54) is 10.5 Å². The van der Waals surface area contributed by atoms with Crippen molar-refractivity contribution in [2.75, 3.05) is 24.5 Å². The van der Waals surface area contributed by atoms with Crippen molar-refractivity contribution in [2.45, 2.75) is 51.6 Å². The molecule has 0 atom stereocenters. The molecule has 4 amide bonds. The van der Waals surface area contributed by atoms with Gasteiger partial charge in [0, 0.05) is 38.5 Å². The van der Waals surface area contributed by atoms with Gasteiger partial charge in [-0.05, 0) is 57.2 Å². The van der Waals surface area contributed by atoms with E-state index in [-0.39, 0.29) is 18.4 Å². The highest BCUT2D eigenvalue weighted by atomic mass is 16.6. The number of hydrogen-bond acceptors (Lipinski definition) is 5. The molecule has 9 nitrogen and oxygen atoms in total. The molecule has 0 unspecified atom stereocenters. The van der Waals surface area contributed by atoms with Crippen molar-refractivity contribution in [3.8, 4) is 0 Å². The number of rotatable bonds is 2. The lowest BCUT2D eigenvalue weighted by molar-refractivity contribution is -0.120. The third-order valence-corrected chi connectivity index (χ3v) is 5.78. The number of aryl methyl sites for hydroxylation is 1. The number of hydrogen-bond donors (Lipinski definition) is 1. The molecule has 1 aromatic carbocycles. The quantitative estimate of drug-likeness (QED) is 0.794. The molecule has 1 aromatic heterocycles. The molecular weight excluding hydrogens is 398 g/mol. The molecule has 0 saturated carbocycles. The lowest BCUT2D eigenvalue weighted by Gasteiger charge is -2.33. The molecule has 2 saturated heterocycles. The molecule has 2 aliphatic heterocycles. The van der Waals surface area contributed by atoms with Crippen LogP contribution in [0, 0.1) is 0 Å². The van der Waals surface area contributed by atoms with Crippen LogP contribution in [0.1, 0.15) is 51.5 Å². The zero-order valence-electron chi connectivity index (χ0n) is 18.5. The van der Waals surface area contributed by atoms with Crippen LogP contribution in [0.3, 0.4) is 0 Å². The first-order chi connectivity index (χ1) is 14.6. The van der Waals surface area contributed by atoms with E-state index in [1.54, 1.807) is 9.58 Å². The van der Waals surface area contributed by atoms with Crippen LogP contribution in [0.15, 0.2) is 18.2 Å². The summed E-state index contributed by atoms with van der Waals surface area (Å²) in [6.45, 7) is 7.27. The number of ether oxygens (including phenoxy) is 1. The second kappa shape index (κ2) is 7.86. The summed E-state index contributed by atoms with van der Waals surface area (Å²) < 4.78 is 7.26. The molecule has 2 aromatic rings. The second-order valence-corrected chi connectivity index (χ2v) is 9.22. The topological polar surface area (TPSA) is 96.8 Å². The molecule has 0 spiro atoms. The van der Waals surface area contributed by atoms with Gasteiger partial charge in [-0.3, -0.25) is 19.7 Å². The van der Waals surface area contributed by atoms with Crippen LogP contribution in [-0.4, -0.2) is 57.9 Å². The van der Waals surface area contributed by atoms with E-state index in [2.05, 4.69) is 22.5 Å². The number of amides is 4. The molecular formula is C22H29N5O4. The van der Waals surface area contributed by atoms with Gasteiger partial charge in [0.1, 0.15) is 5.60 Å². The molecule has 2 fully saturated rings. The lowest BCUT2D eigenvalue weighted by Crippen LogP contribution is -2.49. The van der Waals surface area contributed by atoms with E-state index in [4.69, 9.17) is 4.74 Å². The van der Waals surface area contributed by atoms with Crippen molar-refractivity contribution in [1.82, 2.24) is 20.0 Å². The fourth-order valence-electron chi connectivity index (χ4n) is 4.20. The Morgan fingerprint density at radius 3 is 2.52 bits per heavy atom. The number of urea groups is 1. The smallest absolute Gasteiger partial charge is 0.410 e. The van der Waals surface area contributed by atoms with Gasteiger partial charge >= 0.3 is 12.1 Å². The van der Waals surface area contributed by atoms with Crippen molar-refractivity contribution in [2.24, 2.45) is 7.05 Å². The van der Waals surface area contributed by atoms with Crippen LogP contribution in [0.5, 0.6) is 0 Å². The number of nitrogens with zero attached hydrogens (tertiary/aromatic N) is 4. The zero-order valence-corrected chi connectivity index (χ0v) is 18.5. The van der Waals surface area contributed by atoms with Gasteiger partial charge in [0.25, 0.3) is 0 Å². The largest absolute Gasteiger partial charge is 0.444 e. The summed E-state index contributed by atoms with van der Waals surface area (Å²) in [7, 11) is 1.85. The van der Waals surface area contributed by atoms with Crippen LogP contribution in [0.25, 0.3) is 10.9 Å². The Kier molecular flexibility index (Phi) is 5.36. The van der Waals surface area contributed by atoms with E-state index in [0.717, 1.165) is 23.7 Å². The highest BCUT2D eigenvalue weighted by Gasteiger charge is 2.30. The van der Waals surface area contributed by atoms with E-state index in [0.29, 0.717) is 31.4 Å². The van der Waals surface area contributed by atoms with E-state index in [9.17, 15) is 14.4 Å². The molecule has 4 rings (SSSR count). The van der Waals surface area contributed by atoms with Gasteiger partial charge in [-0.1, -0.05) is 6.07 Å². The number of carbonyl (C=O) groups excluding carboxylic acids is 3. The molecule has 0 aliphatic carbocycles. The number of piperidine rings is 1. The third-order valence-electron chi connectivity index (χ3n) is 5.78. The first-order valence-corrected chi connectivity index (χ1v) is 10.7. The molecule has 0 bridgehead atoms. The van der Waals surface area contributed by atoms with Crippen LogP contribution in [0.4, 0.5) is 15.4 Å². The Morgan fingerprint density at radius 1 is 1.16 bits per heavy atom. The number of benzene rings is 1. The molecule has 1 N–H and O–H groups in total. The lowest BCUT2D eigenvalue weighted by atomic mass is 9.89. The van der Waals surface area contributed by atoms with Crippen molar-refractivity contribution in [1.29, 1.82) is 0 Å². The van der Waals surface area contributed by atoms with Gasteiger partial charge < -0.3 is 9.64 Å². The Morgan fingerprint density at radius 2 is 1.87 bits per heavy atom. The van der Waals surface area contributed by atoms with Gasteiger partial charge in [0.05, 0.1) is 5.52 Å². The molecule has 9 heteroatoms. The maximum absolute atomic E-state index is 12.3. The first-order valence-electron chi connectivity index (χ1n) is 10.7. The van der Waals surface area contributed by atoms with Crippen molar-refractivity contribution in [3.63, 3.8) is 0 Å². The minimum atomic E-state index is -0.491. The molecule has 166 valence electrons. The average Bonchev–Trinajstić information content (AvgIpc) is 3.03. The van der Waals surface area contributed by atoms with Gasteiger partial charge in [-0.25, -0.2) is 9.59 Å². The summed E-state index contributed by atoms with van der Waals surface area (Å²) >= 11 is 0.